The molecule has 1 amide bonds. The van der Waals surface area contributed by atoms with E-state index in [-0.39, 0.29) is 10.8 Å². The van der Waals surface area contributed by atoms with Gasteiger partial charge in [-0.15, -0.1) is 11.8 Å². The van der Waals surface area contributed by atoms with Crippen molar-refractivity contribution in [3.8, 4) is 0 Å². The molecule has 1 aromatic carbocycles. The molecule has 1 fully saturated rings. The second-order valence-corrected chi connectivity index (χ2v) is 11.4. The summed E-state index contributed by atoms with van der Waals surface area (Å²) in [5.74, 6) is 0.295. The Morgan fingerprint density at radius 1 is 1.20 bits per heavy atom. The maximum absolute atomic E-state index is 12.7. The zero-order valence-corrected chi connectivity index (χ0v) is 19.1. The molecule has 1 aliphatic heterocycles. The third kappa shape index (κ3) is 6.30. The van der Waals surface area contributed by atoms with Crippen LogP contribution in [0.3, 0.4) is 0 Å². The molecule has 6 nitrogen and oxygen atoms in total. The summed E-state index contributed by atoms with van der Waals surface area (Å²) in [5.41, 5.74) is 0.998. The van der Waals surface area contributed by atoms with Gasteiger partial charge in [0, 0.05) is 42.2 Å². The predicted molar refractivity (Wildman–Crippen MR) is 120 cm³/mol. The van der Waals surface area contributed by atoms with Crippen LogP contribution in [-0.2, 0) is 21.2 Å². The molecule has 0 unspecified atom stereocenters. The number of carbonyl (C=O) groups excluding carboxylic acids is 1. The van der Waals surface area contributed by atoms with Gasteiger partial charge in [-0.1, -0.05) is 26.0 Å². The van der Waals surface area contributed by atoms with Gasteiger partial charge in [0.1, 0.15) is 4.90 Å². The summed E-state index contributed by atoms with van der Waals surface area (Å²) in [7, 11) is -3.49. The zero-order chi connectivity index (χ0) is 21.6. The van der Waals surface area contributed by atoms with Crippen molar-refractivity contribution >= 4 is 27.7 Å². The minimum Gasteiger partial charge on any atom is -0.356 e. The standard InChI is InChI=1S/C22H29N3O3S2/c1-17(2)29-20-7-5-18(6-8-20)14-22(26)24-15-19-9-12-25(13-10-19)30(27,28)21-4-3-11-23-16-21/h3-8,11,16-17,19H,9-10,12-15H2,1-2H3,(H,24,26). The molecule has 3 rings (SSSR count). The number of hydrogen-bond acceptors (Lipinski definition) is 5. The average molecular weight is 448 g/mol. The minimum absolute atomic E-state index is 0.00433. The number of benzene rings is 1. The summed E-state index contributed by atoms with van der Waals surface area (Å²) in [4.78, 5) is 17.6. The Kier molecular flexibility index (Phi) is 7.91. The monoisotopic (exact) mass is 447 g/mol. The first-order valence-electron chi connectivity index (χ1n) is 10.3. The number of sulfonamides is 1. The fourth-order valence-corrected chi connectivity index (χ4v) is 5.74. The van der Waals surface area contributed by atoms with Gasteiger partial charge in [0.2, 0.25) is 15.9 Å². The number of nitrogens with one attached hydrogen (secondary N) is 1. The van der Waals surface area contributed by atoms with Crippen LogP contribution in [0.1, 0.15) is 32.3 Å². The Hall–Kier alpha value is -1.90. The lowest BCUT2D eigenvalue weighted by Gasteiger charge is -2.31. The highest BCUT2D eigenvalue weighted by Gasteiger charge is 2.29. The van der Waals surface area contributed by atoms with Crippen LogP contribution in [0.4, 0.5) is 0 Å². The number of carbonyl (C=O) groups is 1. The van der Waals surface area contributed by atoms with Gasteiger partial charge in [0.05, 0.1) is 6.42 Å². The summed E-state index contributed by atoms with van der Waals surface area (Å²) >= 11 is 1.80. The molecule has 2 heterocycles. The van der Waals surface area contributed by atoms with Crippen LogP contribution in [0, 0.1) is 5.92 Å². The predicted octanol–water partition coefficient (Wildman–Crippen LogP) is 3.34. The fourth-order valence-electron chi connectivity index (χ4n) is 3.47. The number of aromatic nitrogens is 1. The molecule has 162 valence electrons. The molecule has 0 radical (unpaired) electrons. The van der Waals surface area contributed by atoms with Crippen molar-refractivity contribution in [3.63, 3.8) is 0 Å². The van der Waals surface area contributed by atoms with Crippen molar-refractivity contribution in [2.24, 2.45) is 5.92 Å². The van der Waals surface area contributed by atoms with Crippen molar-refractivity contribution in [2.45, 2.75) is 48.2 Å². The molecule has 1 aliphatic rings. The summed E-state index contributed by atoms with van der Waals surface area (Å²) in [6.07, 6.45) is 4.78. The quantitative estimate of drug-likeness (QED) is 0.628. The molecule has 8 heteroatoms. The molecule has 0 saturated carbocycles. The number of piperidine rings is 1. The van der Waals surface area contributed by atoms with Crippen LogP contribution < -0.4 is 5.32 Å². The van der Waals surface area contributed by atoms with Gasteiger partial charge in [0.25, 0.3) is 0 Å². The van der Waals surface area contributed by atoms with E-state index in [1.807, 2.05) is 12.1 Å². The van der Waals surface area contributed by atoms with E-state index in [2.05, 4.69) is 36.3 Å². The van der Waals surface area contributed by atoms with Gasteiger partial charge in [-0.3, -0.25) is 9.78 Å². The minimum atomic E-state index is -3.49. The summed E-state index contributed by atoms with van der Waals surface area (Å²) in [6, 6.07) is 11.3. The summed E-state index contributed by atoms with van der Waals surface area (Å²) < 4.78 is 26.8. The molecule has 30 heavy (non-hydrogen) atoms. The van der Waals surface area contributed by atoms with Gasteiger partial charge in [-0.25, -0.2) is 8.42 Å². The van der Waals surface area contributed by atoms with Crippen molar-refractivity contribution in [2.75, 3.05) is 19.6 Å². The second kappa shape index (κ2) is 10.4. The molecule has 1 N–H and O–H groups in total. The number of hydrogen-bond donors (Lipinski definition) is 1. The Morgan fingerprint density at radius 2 is 1.90 bits per heavy atom. The number of pyridine rings is 1. The van der Waals surface area contributed by atoms with E-state index in [1.54, 1.807) is 30.1 Å². The lowest BCUT2D eigenvalue weighted by atomic mass is 9.98. The van der Waals surface area contributed by atoms with Crippen LogP contribution >= 0.6 is 11.8 Å². The Balaban J connectivity index is 1.43. The molecular formula is C22H29N3O3S2. The first kappa shape index (κ1) is 22.8. The van der Waals surface area contributed by atoms with Crippen LogP contribution in [0.2, 0.25) is 0 Å². The molecule has 0 atom stereocenters. The van der Waals surface area contributed by atoms with E-state index in [4.69, 9.17) is 0 Å². The molecule has 1 aromatic heterocycles. The Bertz CT molecular complexity index is 924. The summed E-state index contributed by atoms with van der Waals surface area (Å²) in [6.45, 7) is 5.83. The van der Waals surface area contributed by atoms with E-state index in [9.17, 15) is 13.2 Å². The van der Waals surface area contributed by atoms with E-state index in [0.717, 1.165) is 18.4 Å². The van der Waals surface area contributed by atoms with Crippen LogP contribution in [0.5, 0.6) is 0 Å². The van der Waals surface area contributed by atoms with E-state index in [0.29, 0.717) is 37.2 Å². The van der Waals surface area contributed by atoms with Gasteiger partial charge in [-0.05, 0) is 48.6 Å². The zero-order valence-electron chi connectivity index (χ0n) is 17.5. The third-order valence-electron chi connectivity index (χ3n) is 5.09. The molecule has 0 aliphatic carbocycles. The molecule has 2 aromatic rings. The second-order valence-electron chi connectivity index (χ2n) is 7.83. The van der Waals surface area contributed by atoms with Crippen molar-refractivity contribution in [3.05, 3.63) is 54.4 Å². The third-order valence-corrected chi connectivity index (χ3v) is 7.99. The number of rotatable bonds is 8. The molecular weight excluding hydrogens is 418 g/mol. The topological polar surface area (TPSA) is 79.4 Å². The van der Waals surface area contributed by atoms with Crippen LogP contribution in [0.25, 0.3) is 0 Å². The maximum Gasteiger partial charge on any atom is 0.244 e. The molecule has 1 saturated heterocycles. The van der Waals surface area contributed by atoms with E-state index >= 15 is 0 Å². The largest absolute Gasteiger partial charge is 0.356 e. The van der Waals surface area contributed by atoms with Gasteiger partial charge >= 0.3 is 0 Å². The highest BCUT2D eigenvalue weighted by Crippen LogP contribution is 2.24. The Morgan fingerprint density at radius 3 is 2.50 bits per heavy atom. The fraction of sp³-hybridized carbons (Fsp3) is 0.455. The number of nitrogens with zero attached hydrogens (tertiary/aromatic N) is 2. The highest BCUT2D eigenvalue weighted by atomic mass is 32.2. The van der Waals surface area contributed by atoms with Crippen LogP contribution in [0.15, 0.2) is 58.6 Å². The van der Waals surface area contributed by atoms with Crippen LogP contribution in [-0.4, -0.2) is 48.5 Å². The van der Waals surface area contributed by atoms with Gasteiger partial charge in [0.15, 0.2) is 0 Å². The first-order valence-corrected chi connectivity index (χ1v) is 12.6. The SMILES string of the molecule is CC(C)Sc1ccc(CC(=O)NCC2CCN(S(=O)(=O)c3cccnc3)CC2)cc1. The van der Waals surface area contributed by atoms with Crippen molar-refractivity contribution in [1.82, 2.24) is 14.6 Å². The van der Waals surface area contributed by atoms with Gasteiger partial charge < -0.3 is 5.32 Å². The van der Waals surface area contributed by atoms with E-state index < -0.39 is 10.0 Å². The smallest absolute Gasteiger partial charge is 0.244 e. The number of thioether (sulfide) groups is 1. The number of amides is 1. The maximum atomic E-state index is 12.7. The van der Waals surface area contributed by atoms with Crippen molar-refractivity contribution < 1.29 is 13.2 Å². The molecule has 0 bridgehead atoms. The first-order chi connectivity index (χ1) is 14.3. The molecule has 0 spiro atoms. The highest BCUT2D eigenvalue weighted by molar-refractivity contribution is 7.99. The van der Waals surface area contributed by atoms with E-state index in [1.165, 1.54) is 15.4 Å². The van der Waals surface area contributed by atoms with Crippen molar-refractivity contribution in [1.29, 1.82) is 0 Å². The lowest BCUT2D eigenvalue weighted by molar-refractivity contribution is -0.120. The lowest BCUT2D eigenvalue weighted by Crippen LogP contribution is -2.41. The summed E-state index contributed by atoms with van der Waals surface area (Å²) in [5, 5.41) is 3.54. The Labute approximate surface area is 183 Å². The average Bonchev–Trinajstić information content (AvgIpc) is 2.74. The normalized spacial score (nSPS) is 16.0. The van der Waals surface area contributed by atoms with Gasteiger partial charge in [-0.2, -0.15) is 4.31 Å².